The fourth-order valence-corrected chi connectivity index (χ4v) is 15.8. The van der Waals surface area contributed by atoms with E-state index in [1.807, 2.05) is 91.4 Å². The number of aromatic nitrogens is 8. The fourth-order valence-electron chi connectivity index (χ4n) is 15.8. The van der Waals surface area contributed by atoms with Crippen LogP contribution in [-0.2, 0) is 20.1 Å². The number of nitrogens with zero attached hydrogens (tertiary/aromatic N) is 8. The fraction of sp³-hybridized carbons (Fsp3) is 0.0485. The maximum atomic E-state index is 8.56. The number of benzene rings is 15. The van der Waals surface area contributed by atoms with Crippen molar-refractivity contribution in [3.05, 3.63) is 389 Å². The second-order valence-corrected chi connectivity index (χ2v) is 28.4. The van der Waals surface area contributed by atoms with Crippen LogP contribution in [0.2, 0.25) is 0 Å². The number of pyridine rings is 2. The number of para-hydroxylation sites is 3. The van der Waals surface area contributed by atoms with Crippen molar-refractivity contribution in [2.75, 3.05) is 0 Å². The van der Waals surface area contributed by atoms with Gasteiger partial charge in [-0.15, -0.1) is 35.9 Å². The largest absolute Gasteiger partial charge is 0.393 e. The van der Waals surface area contributed by atoms with Gasteiger partial charge < -0.3 is 19.3 Å². The second kappa shape index (κ2) is 32.7. The van der Waals surface area contributed by atoms with Crippen molar-refractivity contribution in [2.45, 2.75) is 32.5 Å². The van der Waals surface area contributed by atoms with E-state index in [0.29, 0.717) is 6.42 Å². The summed E-state index contributed by atoms with van der Waals surface area (Å²) in [6.45, 7) is 3.32. The molecule has 0 aliphatic heterocycles. The van der Waals surface area contributed by atoms with E-state index in [4.69, 9.17) is 20.2 Å². The van der Waals surface area contributed by atoms with Gasteiger partial charge in [0.15, 0.2) is 0 Å². The molecule has 6 heterocycles. The van der Waals surface area contributed by atoms with Crippen LogP contribution < -0.4 is 0 Å². The van der Waals surface area contributed by atoms with Crippen LogP contribution in [0.3, 0.4) is 0 Å². The summed E-state index contributed by atoms with van der Waals surface area (Å²) in [4.78, 5) is 28.3. The summed E-state index contributed by atoms with van der Waals surface area (Å²) in [5.74, 6) is 0. The van der Waals surface area contributed by atoms with E-state index in [9.17, 15) is 0 Å². The third-order valence-electron chi connectivity index (χ3n) is 20.9. The Kier molecular flexibility index (Phi) is 20.9. The van der Waals surface area contributed by atoms with Gasteiger partial charge in [-0.3, -0.25) is 19.9 Å². The molecule has 11 heteroatoms. The molecule has 549 valence electrons. The Balaban J connectivity index is 0.000000146. The summed E-state index contributed by atoms with van der Waals surface area (Å²) < 4.78 is 4.78. The summed E-state index contributed by atoms with van der Waals surface area (Å²) in [6.07, 6.45) is 6.99. The van der Waals surface area contributed by atoms with Crippen LogP contribution in [0.25, 0.3) is 188 Å². The van der Waals surface area contributed by atoms with E-state index in [1.165, 1.54) is 93.5 Å². The van der Waals surface area contributed by atoms with Crippen molar-refractivity contribution in [2.24, 2.45) is 0 Å². The predicted molar refractivity (Wildman–Crippen MR) is 467 cm³/mol. The van der Waals surface area contributed by atoms with Gasteiger partial charge in [-0.25, -0.2) is 9.97 Å². The van der Waals surface area contributed by atoms with Crippen LogP contribution in [0.1, 0.15) is 20.3 Å². The third kappa shape index (κ3) is 14.6. The van der Waals surface area contributed by atoms with E-state index in [-0.39, 0.29) is 32.3 Å². The molecule has 2 atom stereocenters. The minimum absolute atomic E-state index is 0. The molecule has 0 fully saturated rings. The Morgan fingerprint density at radius 2 is 0.711 bits per heavy atom. The monoisotopic (exact) mass is 1650 g/mol. The number of hydrogen-bond donors (Lipinski definition) is 2. The van der Waals surface area contributed by atoms with Crippen molar-refractivity contribution in [1.29, 1.82) is 0 Å². The number of aliphatic hydroxyl groups excluding tert-OH is 2. The molecular weight excluding hydrogens is 1570 g/mol. The third-order valence-corrected chi connectivity index (χ3v) is 20.9. The molecule has 0 aliphatic carbocycles. The summed E-state index contributed by atoms with van der Waals surface area (Å²) in [7, 11) is 0. The molecule has 0 amide bonds. The van der Waals surface area contributed by atoms with Crippen molar-refractivity contribution in [3.8, 4) is 89.7 Å². The molecular formula is C103H75IrN8O2-. The van der Waals surface area contributed by atoms with Gasteiger partial charge in [-0.05, 0) is 166 Å². The topological polar surface area (TPSA) is 128 Å². The SMILES string of the molecule is CC(O)CC(C)O.[Ir].[c-]1ccccc1-c1cc(-c2ccccc2)ncn1.c1ccc(-c2ccnc3c2ccc2c(-c4ccccc4)ccnc23)cc1.c1ccc(-n2c3ccccc3c3cc(-c4ccc5c(c4)c4ccccc4n5-c4cccc(-c5cccc(-c6cnc7c8ccccc8c8ccccc8c7n6)c5)c4)ccc32)cc1. The molecule has 6 aromatic heterocycles. The second-order valence-electron chi connectivity index (χ2n) is 28.4. The first-order valence-electron chi connectivity index (χ1n) is 38.1. The predicted octanol–water partition coefficient (Wildman–Crippen LogP) is 25.0. The summed E-state index contributed by atoms with van der Waals surface area (Å²) in [5, 5.41) is 29.0. The van der Waals surface area contributed by atoms with Crippen LogP contribution in [0, 0.1) is 6.07 Å². The van der Waals surface area contributed by atoms with Crippen LogP contribution in [0.4, 0.5) is 0 Å². The molecule has 0 aliphatic rings. The van der Waals surface area contributed by atoms with Gasteiger partial charge in [0.1, 0.15) is 6.33 Å². The van der Waals surface area contributed by atoms with Crippen LogP contribution in [0.5, 0.6) is 0 Å². The van der Waals surface area contributed by atoms with Crippen molar-refractivity contribution >= 4 is 98.0 Å². The van der Waals surface area contributed by atoms with Crippen LogP contribution >= 0.6 is 0 Å². The maximum absolute atomic E-state index is 8.56. The van der Waals surface area contributed by atoms with Gasteiger partial charge in [0.05, 0.1) is 73.9 Å². The zero-order valence-corrected chi connectivity index (χ0v) is 64.9. The molecule has 2 unspecified atom stereocenters. The number of aliphatic hydroxyl groups is 2. The molecule has 0 saturated carbocycles. The summed E-state index contributed by atoms with van der Waals surface area (Å²) in [5.41, 5.74) is 26.0. The first-order valence-corrected chi connectivity index (χ1v) is 38.1. The Morgan fingerprint density at radius 3 is 1.25 bits per heavy atom. The van der Waals surface area contributed by atoms with E-state index < -0.39 is 0 Å². The van der Waals surface area contributed by atoms with Gasteiger partial charge in [0, 0.05) is 92.5 Å². The number of hydrogen-bond acceptors (Lipinski definition) is 8. The van der Waals surface area contributed by atoms with Crippen molar-refractivity contribution < 1.29 is 30.3 Å². The van der Waals surface area contributed by atoms with E-state index in [2.05, 4.69) is 320 Å². The van der Waals surface area contributed by atoms with Crippen molar-refractivity contribution in [3.63, 3.8) is 0 Å². The smallest absolute Gasteiger partial charge is 0.106 e. The number of rotatable bonds is 11. The zero-order chi connectivity index (χ0) is 76.1. The average molecular weight is 1650 g/mol. The quantitative estimate of drug-likeness (QED) is 0.0968. The number of fused-ring (bicyclic) bond motifs is 15. The molecule has 2 N–H and O–H groups in total. The van der Waals surface area contributed by atoms with Gasteiger partial charge in [0.25, 0.3) is 0 Å². The molecule has 21 rings (SSSR count). The normalized spacial score (nSPS) is 11.8. The van der Waals surface area contributed by atoms with Gasteiger partial charge in [0.2, 0.25) is 0 Å². The maximum Gasteiger partial charge on any atom is 0.106 e. The van der Waals surface area contributed by atoms with Crippen molar-refractivity contribution in [1.82, 2.24) is 39.0 Å². The minimum Gasteiger partial charge on any atom is -0.393 e. The molecule has 0 spiro atoms. The summed E-state index contributed by atoms with van der Waals surface area (Å²) in [6, 6.07) is 129. The first kappa shape index (κ1) is 73.1. The van der Waals surface area contributed by atoms with Gasteiger partial charge in [-0.1, -0.05) is 255 Å². The zero-order valence-electron chi connectivity index (χ0n) is 62.5. The van der Waals surface area contributed by atoms with Gasteiger partial charge in [-0.2, -0.15) is 0 Å². The van der Waals surface area contributed by atoms with Gasteiger partial charge >= 0.3 is 0 Å². The minimum atomic E-state index is -0.375. The Morgan fingerprint density at radius 1 is 0.289 bits per heavy atom. The standard InChI is InChI=1S/C58H36N4.C24H16N2.C16H11N2.C5H12O2.Ir/c1-2-17-42(18-3-1)61-53-26-10-8-22-46(53)50-34-39(28-30-55(50)61)40-29-31-56-51(35-40)47-23-9-11-27-54(47)62(56)43-19-13-15-38(33-43)37-14-12-16-41(32-37)52-36-59-57-48-24-6-4-20-44(48)45-21-5-7-25-49(45)58(57)60-52;1-3-7-17(8-4-1)19-13-15-25-23-21(19)11-12-22-20(14-16-26-24(22)23)18-9-5-2-6-10-18;1-3-7-13(8-4-1)15-11-16(18-12-17-15)14-9-5-2-6-10-14;1-4(6)3-5(2)7;/h1-36H;1-16H;1-9,11-12H;4-7H,3H2,1-2H3;/q;;-1;;. The summed E-state index contributed by atoms with van der Waals surface area (Å²) >= 11 is 0. The Labute approximate surface area is 673 Å². The molecule has 10 nitrogen and oxygen atoms in total. The molecule has 114 heavy (non-hydrogen) atoms. The Bertz CT molecular complexity index is 6840. The molecule has 0 saturated heterocycles. The average Bonchev–Trinajstić information content (AvgIpc) is 1.72. The van der Waals surface area contributed by atoms with E-state index in [1.54, 1.807) is 20.2 Å². The Hall–Kier alpha value is -13.8. The van der Waals surface area contributed by atoms with E-state index in [0.717, 1.165) is 94.2 Å². The first-order chi connectivity index (χ1) is 55.7. The van der Waals surface area contributed by atoms with E-state index >= 15 is 0 Å². The molecule has 1 radical (unpaired) electrons. The molecule has 0 bridgehead atoms. The molecule has 15 aromatic carbocycles. The van der Waals surface area contributed by atoms with Crippen LogP contribution in [-0.4, -0.2) is 61.5 Å². The molecule has 21 aromatic rings. The van der Waals surface area contributed by atoms with Crippen LogP contribution in [0.15, 0.2) is 383 Å².